The van der Waals surface area contributed by atoms with Crippen molar-refractivity contribution in [1.29, 1.82) is 0 Å². The molecule has 9 heteroatoms. The van der Waals surface area contributed by atoms with Gasteiger partial charge in [-0.05, 0) is 12.1 Å². The molecule has 2 heterocycles. The number of phenolic OH excluding ortho intramolecular Hbond substituents is 1. The van der Waals surface area contributed by atoms with Crippen LogP contribution in [-0.4, -0.2) is 19.2 Å². The zero-order valence-electron chi connectivity index (χ0n) is 12.4. The molecule has 0 saturated heterocycles. The molecule has 0 saturated carbocycles. The van der Waals surface area contributed by atoms with Gasteiger partial charge in [0.25, 0.3) is 5.56 Å². The minimum Gasteiger partial charge on any atom is -0.503 e. The molecule has 1 N–H and O–H groups in total. The smallest absolute Gasteiger partial charge is 0.331 e. The molecule has 0 fully saturated rings. The second-order valence-corrected chi connectivity index (χ2v) is 6.11. The summed E-state index contributed by atoms with van der Waals surface area (Å²) in [6, 6.07) is 3.43. The molecule has 3 rings (SSSR count). The molecule has 0 aliphatic heterocycles. The quantitative estimate of drug-likeness (QED) is 0.779. The number of hydrogen-bond donors (Lipinski definition) is 1. The topological polar surface area (TPSA) is 77.1 Å². The van der Waals surface area contributed by atoms with E-state index in [2.05, 4.69) is 4.98 Å². The molecule has 2 aromatic heterocycles. The van der Waals surface area contributed by atoms with Crippen LogP contribution in [0.2, 0.25) is 0 Å². The van der Waals surface area contributed by atoms with Crippen LogP contribution < -0.4 is 11.2 Å². The fourth-order valence-corrected chi connectivity index (χ4v) is 3.06. The molecule has 3 aromatic rings. The number of nitrogens with zero attached hydrogens (tertiary/aromatic N) is 3. The Morgan fingerprint density at radius 2 is 2.00 bits per heavy atom. The lowest BCUT2D eigenvalue weighted by atomic mass is 10.1. The average Bonchev–Trinajstić information content (AvgIpc) is 3.02. The maximum Gasteiger partial charge on any atom is 0.331 e. The number of thiazole rings is 1. The summed E-state index contributed by atoms with van der Waals surface area (Å²) in [5.74, 6) is -3.15. The van der Waals surface area contributed by atoms with Crippen molar-refractivity contribution >= 4 is 11.3 Å². The van der Waals surface area contributed by atoms with Gasteiger partial charge < -0.3 is 5.11 Å². The Balaban J connectivity index is 1.95. The fraction of sp³-hybridized carbons (Fsp3) is 0.133. The van der Waals surface area contributed by atoms with E-state index in [0.29, 0.717) is 9.88 Å². The van der Waals surface area contributed by atoms with E-state index in [1.54, 1.807) is 0 Å². The van der Waals surface area contributed by atoms with Gasteiger partial charge in [0.15, 0.2) is 17.4 Å². The Bertz CT molecular complexity index is 1040. The maximum absolute atomic E-state index is 13.9. The third-order valence-electron chi connectivity index (χ3n) is 3.45. The molecule has 0 radical (unpaired) electrons. The summed E-state index contributed by atoms with van der Waals surface area (Å²) in [6.07, 6.45) is 2.73. The van der Waals surface area contributed by atoms with Crippen LogP contribution >= 0.6 is 11.3 Å². The highest BCUT2D eigenvalue weighted by molar-refractivity contribution is 7.15. The van der Waals surface area contributed by atoms with E-state index in [-0.39, 0.29) is 12.1 Å². The SMILES string of the molecule is Cn1c(=O)ccn(Cc2ncc(-c3ccc(F)c(O)c3F)s2)c1=O. The lowest BCUT2D eigenvalue weighted by Crippen LogP contribution is -2.37. The lowest BCUT2D eigenvalue weighted by molar-refractivity contribution is 0.397. The molecule has 0 amide bonds. The van der Waals surface area contributed by atoms with Crippen molar-refractivity contribution in [2.24, 2.45) is 7.05 Å². The van der Waals surface area contributed by atoms with E-state index >= 15 is 0 Å². The maximum atomic E-state index is 13.9. The highest BCUT2D eigenvalue weighted by Crippen LogP contribution is 2.33. The number of aromatic nitrogens is 3. The van der Waals surface area contributed by atoms with Crippen LogP contribution in [0.3, 0.4) is 0 Å². The van der Waals surface area contributed by atoms with Gasteiger partial charge in [0, 0.05) is 31.1 Å². The highest BCUT2D eigenvalue weighted by atomic mass is 32.1. The zero-order valence-corrected chi connectivity index (χ0v) is 13.2. The Morgan fingerprint density at radius 1 is 1.25 bits per heavy atom. The van der Waals surface area contributed by atoms with Gasteiger partial charge >= 0.3 is 5.69 Å². The minimum atomic E-state index is -1.07. The Kier molecular flexibility index (Phi) is 4.02. The van der Waals surface area contributed by atoms with Crippen LogP contribution in [-0.2, 0) is 13.6 Å². The molecule has 24 heavy (non-hydrogen) atoms. The Morgan fingerprint density at radius 3 is 2.75 bits per heavy atom. The van der Waals surface area contributed by atoms with Crippen molar-refractivity contribution in [3.63, 3.8) is 0 Å². The van der Waals surface area contributed by atoms with E-state index in [4.69, 9.17) is 0 Å². The number of benzene rings is 1. The summed E-state index contributed by atoms with van der Waals surface area (Å²) in [5, 5.41) is 9.83. The van der Waals surface area contributed by atoms with Crippen LogP contribution in [0.25, 0.3) is 10.4 Å². The summed E-state index contributed by atoms with van der Waals surface area (Å²) >= 11 is 1.10. The van der Waals surface area contributed by atoms with Gasteiger partial charge in [0.2, 0.25) is 0 Å². The van der Waals surface area contributed by atoms with Gasteiger partial charge in [-0.3, -0.25) is 13.9 Å². The number of halogens is 2. The van der Waals surface area contributed by atoms with Gasteiger partial charge in [0.05, 0.1) is 11.4 Å². The fourth-order valence-electron chi connectivity index (χ4n) is 2.12. The third-order valence-corrected chi connectivity index (χ3v) is 4.47. The second kappa shape index (κ2) is 6.00. The number of rotatable bonds is 3. The van der Waals surface area contributed by atoms with Crippen LogP contribution in [0.15, 0.2) is 40.2 Å². The van der Waals surface area contributed by atoms with Crippen LogP contribution in [0, 0.1) is 11.6 Å². The van der Waals surface area contributed by atoms with Crippen molar-refractivity contribution in [3.8, 4) is 16.2 Å². The van der Waals surface area contributed by atoms with Crippen molar-refractivity contribution in [1.82, 2.24) is 14.1 Å². The molecule has 0 spiro atoms. The standard InChI is InChI=1S/C15H11F2N3O3S/c1-19-12(21)4-5-20(15(19)23)7-11-18-6-10(24-11)8-2-3-9(16)14(22)13(8)17/h2-6,22H,7H2,1H3. The van der Waals surface area contributed by atoms with E-state index in [0.717, 1.165) is 22.0 Å². The Labute approximate surface area is 137 Å². The molecule has 124 valence electrons. The molecule has 0 aliphatic rings. The van der Waals surface area contributed by atoms with Crippen molar-refractivity contribution in [3.05, 3.63) is 68.1 Å². The van der Waals surface area contributed by atoms with E-state index in [9.17, 15) is 23.5 Å². The minimum absolute atomic E-state index is 0.0189. The second-order valence-electron chi connectivity index (χ2n) is 5.00. The first-order chi connectivity index (χ1) is 11.4. The monoisotopic (exact) mass is 351 g/mol. The van der Waals surface area contributed by atoms with Gasteiger partial charge in [-0.1, -0.05) is 0 Å². The zero-order chi connectivity index (χ0) is 17.4. The summed E-state index contributed by atoms with van der Waals surface area (Å²) in [5.41, 5.74) is -0.893. The first-order valence-corrected chi connectivity index (χ1v) is 7.58. The molecule has 0 aliphatic carbocycles. The summed E-state index contributed by atoms with van der Waals surface area (Å²) in [7, 11) is 1.37. The summed E-state index contributed by atoms with van der Waals surface area (Å²) in [6.45, 7) is 0.104. The van der Waals surface area contributed by atoms with E-state index < -0.39 is 28.6 Å². The normalized spacial score (nSPS) is 11.0. The third kappa shape index (κ3) is 2.73. The first kappa shape index (κ1) is 16.1. The van der Waals surface area contributed by atoms with Crippen LogP contribution in [0.4, 0.5) is 8.78 Å². The van der Waals surface area contributed by atoms with Crippen LogP contribution in [0.1, 0.15) is 5.01 Å². The molecular formula is C15H11F2N3O3S. The molecular weight excluding hydrogens is 340 g/mol. The van der Waals surface area contributed by atoms with Gasteiger partial charge in [-0.15, -0.1) is 11.3 Å². The molecule has 0 bridgehead atoms. The predicted molar refractivity (Wildman–Crippen MR) is 84.2 cm³/mol. The molecule has 1 aromatic carbocycles. The van der Waals surface area contributed by atoms with Gasteiger partial charge in [-0.25, -0.2) is 18.6 Å². The Hall–Kier alpha value is -2.81. The first-order valence-electron chi connectivity index (χ1n) is 6.77. The number of hydrogen-bond acceptors (Lipinski definition) is 5. The molecule has 0 atom stereocenters. The van der Waals surface area contributed by atoms with Gasteiger partial charge in [0.1, 0.15) is 5.01 Å². The average molecular weight is 351 g/mol. The van der Waals surface area contributed by atoms with Crippen LogP contribution in [0.5, 0.6) is 5.75 Å². The van der Waals surface area contributed by atoms with E-state index in [1.807, 2.05) is 0 Å². The van der Waals surface area contributed by atoms with Crippen molar-refractivity contribution in [2.75, 3.05) is 0 Å². The largest absolute Gasteiger partial charge is 0.503 e. The van der Waals surface area contributed by atoms with Crippen molar-refractivity contribution in [2.45, 2.75) is 6.54 Å². The lowest BCUT2D eigenvalue weighted by Gasteiger charge is -2.04. The van der Waals surface area contributed by atoms with Gasteiger partial charge in [-0.2, -0.15) is 0 Å². The number of aromatic hydroxyl groups is 1. The highest BCUT2D eigenvalue weighted by Gasteiger charge is 2.16. The predicted octanol–water partition coefficient (Wildman–Crippen LogP) is 1.70. The number of phenols is 1. The molecule has 6 nitrogen and oxygen atoms in total. The summed E-state index contributed by atoms with van der Waals surface area (Å²) < 4.78 is 29.3. The van der Waals surface area contributed by atoms with E-state index in [1.165, 1.54) is 36.1 Å². The molecule has 0 unspecified atom stereocenters. The summed E-state index contributed by atoms with van der Waals surface area (Å²) in [4.78, 5) is 27.8. The van der Waals surface area contributed by atoms with Crippen molar-refractivity contribution < 1.29 is 13.9 Å².